The number of carbonyl (C=O) groups excluding carboxylic acids is 2. The minimum absolute atomic E-state index is 0.0269. The van der Waals surface area contributed by atoms with Crippen LogP contribution in [0.5, 0.6) is 0 Å². The van der Waals surface area contributed by atoms with Crippen molar-refractivity contribution in [2.24, 2.45) is 0 Å². The van der Waals surface area contributed by atoms with Crippen molar-refractivity contribution in [3.05, 3.63) is 12.2 Å². The van der Waals surface area contributed by atoms with E-state index in [1.54, 1.807) is 0 Å². The molecule has 0 rings (SSSR count). The number of carbonyl (C=O) groups is 2. The number of alkyl halides is 7. The van der Waals surface area contributed by atoms with Gasteiger partial charge in [-0.05, 0) is 19.8 Å². The molecule has 0 aromatic rings. The van der Waals surface area contributed by atoms with Gasteiger partial charge in [0.25, 0.3) is 0 Å². The minimum atomic E-state index is -6.81. The Morgan fingerprint density at radius 1 is 1.03 bits per heavy atom. The lowest BCUT2D eigenvalue weighted by Crippen LogP contribution is -2.58. The van der Waals surface area contributed by atoms with Crippen LogP contribution in [-0.2, 0) is 33.9 Å². The van der Waals surface area contributed by atoms with Crippen molar-refractivity contribution < 1.29 is 67.5 Å². The molecule has 0 aliphatic rings. The smallest absolute Gasteiger partial charge is 0.468 e. The van der Waals surface area contributed by atoms with Crippen molar-refractivity contribution in [1.82, 2.24) is 0 Å². The summed E-state index contributed by atoms with van der Waals surface area (Å²) in [7, 11) is -6.81. The van der Waals surface area contributed by atoms with E-state index < -0.39 is 76.8 Å². The third kappa shape index (κ3) is 6.77. The van der Waals surface area contributed by atoms with Crippen molar-refractivity contribution in [3.63, 3.8) is 0 Å². The predicted octanol–water partition coefficient (Wildman–Crippen LogP) is 2.89. The fourth-order valence-corrected chi connectivity index (χ4v) is 2.20. The van der Waals surface area contributed by atoms with Crippen LogP contribution in [0.2, 0.25) is 0 Å². The van der Waals surface area contributed by atoms with E-state index in [0.717, 1.165) is 6.92 Å². The van der Waals surface area contributed by atoms with Crippen molar-refractivity contribution >= 4 is 22.1 Å². The Hall–Kier alpha value is -1.94. The normalized spacial score (nSPS) is 15.2. The van der Waals surface area contributed by atoms with E-state index in [0.29, 0.717) is 0 Å². The van der Waals surface area contributed by atoms with Crippen LogP contribution < -0.4 is 0 Å². The lowest BCUT2D eigenvalue weighted by Gasteiger charge is -2.33. The van der Waals surface area contributed by atoms with Gasteiger partial charge in [-0.25, -0.2) is 18.0 Å². The Bertz CT molecular complexity index is 779. The van der Waals surface area contributed by atoms with Crippen LogP contribution in [0.1, 0.15) is 33.1 Å². The first-order chi connectivity index (χ1) is 13.8. The molecule has 0 N–H and O–H groups in total. The standard InChI is InChI=1S/C15H19F7O8S/c1-4-7-28-11(24)13(14(18,19)20,30-10(23)9(2)3)29-8-5-6-12(16,17)15(21,22)31(25,26)27/h2,4-8H2,1,3H3,(H,25,26,27)/p-1. The molecule has 1 unspecified atom stereocenters. The molecule has 0 fully saturated rings. The number of hydrogen-bond donors (Lipinski definition) is 0. The van der Waals surface area contributed by atoms with E-state index in [1.165, 1.54) is 6.92 Å². The number of hydrogen-bond acceptors (Lipinski definition) is 8. The van der Waals surface area contributed by atoms with Gasteiger partial charge in [-0.2, -0.15) is 30.7 Å². The molecule has 8 nitrogen and oxygen atoms in total. The molecule has 0 amide bonds. The highest BCUT2D eigenvalue weighted by molar-refractivity contribution is 7.86. The molecule has 0 spiro atoms. The SMILES string of the molecule is C=C(C)C(=O)OC(OCCCC(F)(F)C(F)(F)S(=O)(=O)[O-])(C(=O)OCCC)C(F)(F)F. The molecule has 0 saturated carbocycles. The van der Waals surface area contributed by atoms with Gasteiger partial charge in [-0.1, -0.05) is 13.5 Å². The second-order valence-electron chi connectivity index (χ2n) is 6.05. The Morgan fingerprint density at radius 2 is 1.55 bits per heavy atom. The predicted molar refractivity (Wildman–Crippen MR) is 85.7 cm³/mol. The van der Waals surface area contributed by atoms with Gasteiger partial charge < -0.3 is 18.8 Å². The minimum Gasteiger partial charge on any atom is -0.743 e. The maximum atomic E-state index is 13.6. The first-order valence-corrected chi connectivity index (χ1v) is 9.65. The highest BCUT2D eigenvalue weighted by atomic mass is 32.2. The number of esters is 2. The van der Waals surface area contributed by atoms with Crippen LogP contribution in [0.4, 0.5) is 30.7 Å². The lowest BCUT2D eigenvalue weighted by atomic mass is 10.2. The highest BCUT2D eigenvalue weighted by Gasteiger charge is 2.68. The molecular weight excluding hydrogens is 473 g/mol. The van der Waals surface area contributed by atoms with E-state index in [4.69, 9.17) is 0 Å². The third-order valence-corrected chi connectivity index (χ3v) is 4.27. The Morgan fingerprint density at radius 3 is 1.94 bits per heavy atom. The second-order valence-corrected chi connectivity index (χ2v) is 7.47. The van der Waals surface area contributed by atoms with Crippen LogP contribution in [-0.4, -0.2) is 61.3 Å². The lowest BCUT2D eigenvalue weighted by molar-refractivity contribution is -0.355. The molecular formula is C15H18F7O8S-. The molecule has 182 valence electrons. The molecule has 0 aromatic heterocycles. The second kappa shape index (κ2) is 10.1. The molecule has 0 aliphatic carbocycles. The van der Waals surface area contributed by atoms with Crippen molar-refractivity contribution in [2.75, 3.05) is 13.2 Å². The van der Waals surface area contributed by atoms with Gasteiger partial charge >= 0.3 is 35.1 Å². The number of rotatable bonds is 12. The third-order valence-electron chi connectivity index (χ3n) is 3.34. The van der Waals surface area contributed by atoms with Crippen LogP contribution in [0.25, 0.3) is 0 Å². The van der Waals surface area contributed by atoms with E-state index in [2.05, 4.69) is 20.8 Å². The van der Waals surface area contributed by atoms with Crippen molar-refractivity contribution in [2.45, 2.75) is 56.3 Å². The molecule has 0 bridgehead atoms. The van der Waals surface area contributed by atoms with Crippen LogP contribution in [0.3, 0.4) is 0 Å². The first-order valence-electron chi connectivity index (χ1n) is 8.24. The fraction of sp³-hybridized carbons (Fsp3) is 0.733. The maximum absolute atomic E-state index is 13.6. The van der Waals surface area contributed by atoms with Crippen molar-refractivity contribution in [3.8, 4) is 0 Å². The summed E-state index contributed by atoms with van der Waals surface area (Å²) in [5, 5.41) is -6.06. The Balaban J connectivity index is 5.71. The molecule has 0 aliphatic heterocycles. The summed E-state index contributed by atoms with van der Waals surface area (Å²) in [5.74, 6) is -14.0. The van der Waals surface area contributed by atoms with E-state index in [-0.39, 0.29) is 6.42 Å². The molecule has 1 atom stereocenters. The molecule has 0 heterocycles. The number of halogens is 7. The maximum Gasteiger partial charge on any atom is 0.468 e. The average Bonchev–Trinajstić information content (AvgIpc) is 2.59. The van der Waals surface area contributed by atoms with Gasteiger partial charge in [0.15, 0.2) is 10.1 Å². The van der Waals surface area contributed by atoms with Gasteiger partial charge in [0.2, 0.25) is 0 Å². The molecule has 31 heavy (non-hydrogen) atoms. The van der Waals surface area contributed by atoms with Gasteiger partial charge in [0.05, 0.1) is 13.2 Å². The van der Waals surface area contributed by atoms with Gasteiger partial charge in [0.1, 0.15) is 0 Å². The first kappa shape index (κ1) is 29.1. The highest BCUT2D eigenvalue weighted by Crippen LogP contribution is 2.42. The van der Waals surface area contributed by atoms with Gasteiger partial charge in [0, 0.05) is 12.0 Å². The summed E-state index contributed by atoms with van der Waals surface area (Å²) >= 11 is 0. The largest absolute Gasteiger partial charge is 0.743 e. The molecule has 16 heteroatoms. The monoisotopic (exact) mass is 491 g/mol. The summed E-state index contributed by atoms with van der Waals surface area (Å²) in [6.45, 7) is 3.16. The summed E-state index contributed by atoms with van der Waals surface area (Å²) in [6.07, 6.45) is -9.33. The van der Waals surface area contributed by atoms with Gasteiger partial charge in [-0.15, -0.1) is 0 Å². The Labute approximate surface area is 172 Å². The van der Waals surface area contributed by atoms with E-state index >= 15 is 0 Å². The summed E-state index contributed by atoms with van der Waals surface area (Å²) < 4.78 is 137. The fourth-order valence-electron chi connectivity index (χ4n) is 1.73. The van der Waals surface area contributed by atoms with Crippen molar-refractivity contribution in [1.29, 1.82) is 0 Å². The zero-order chi connectivity index (χ0) is 24.9. The zero-order valence-electron chi connectivity index (χ0n) is 16.1. The molecule has 0 saturated heterocycles. The van der Waals surface area contributed by atoms with E-state index in [9.17, 15) is 53.3 Å². The zero-order valence-corrected chi connectivity index (χ0v) is 16.9. The quantitative estimate of drug-likeness (QED) is 0.102. The molecule has 0 aromatic carbocycles. The van der Waals surface area contributed by atoms with Crippen LogP contribution in [0, 0.1) is 0 Å². The van der Waals surface area contributed by atoms with Crippen LogP contribution >= 0.6 is 0 Å². The summed E-state index contributed by atoms with van der Waals surface area (Å²) in [6, 6.07) is 0. The number of ether oxygens (including phenoxy) is 3. The molecule has 0 radical (unpaired) electrons. The summed E-state index contributed by atoms with van der Waals surface area (Å²) in [5.41, 5.74) is -0.618. The van der Waals surface area contributed by atoms with E-state index in [1.807, 2.05) is 0 Å². The average molecular weight is 491 g/mol. The Kier molecular flexibility index (Phi) is 9.49. The van der Waals surface area contributed by atoms with Gasteiger partial charge in [-0.3, -0.25) is 0 Å². The topological polar surface area (TPSA) is 119 Å². The van der Waals surface area contributed by atoms with Crippen LogP contribution in [0.15, 0.2) is 12.2 Å². The summed E-state index contributed by atoms with van der Waals surface area (Å²) in [4.78, 5) is 23.5.